The minimum absolute atomic E-state index is 0.0304. The Kier molecular flexibility index (Phi) is 4.21. The zero-order valence-corrected chi connectivity index (χ0v) is 12.4. The van der Waals surface area contributed by atoms with Crippen molar-refractivity contribution in [2.24, 2.45) is 7.05 Å². The van der Waals surface area contributed by atoms with Crippen molar-refractivity contribution < 1.29 is 9.84 Å². The van der Waals surface area contributed by atoms with Crippen molar-refractivity contribution in [2.75, 3.05) is 13.2 Å². The zero-order valence-electron chi connectivity index (χ0n) is 12.4. The van der Waals surface area contributed by atoms with Crippen LogP contribution in [0, 0.1) is 0 Å². The molecule has 22 heavy (non-hydrogen) atoms. The third kappa shape index (κ3) is 2.73. The van der Waals surface area contributed by atoms with E-state index in [0.717, 1.165) is 22.5 Å². The maximum atomic E-state index is 9.11. The van der Waals surface area contributed by atoms with E-state index in [-0.39, 0.29) is 13.2 Å². The van der Waals surface area contributed by atoms with Gasteiger partial charge in [-0.05, 0) is 0 Å². The van der Waals surface area contributed by atoms with Gasteiger partial charge in [0.05, 0.1) is 6.61 Å². The third-order valence-corrected chi connectivity index (χ3v) is 3.44. The van der Waals surface area contributed by atoms with Gasteiger partial charge in [-0.15, -0.1) is 0 Å². The summed E-state index contributed by atoms with van der Waals surface area (Å²) in [4.78, 5) is 0. The predicted molar refractivity (Wildman–Crippen MR) is 86.7 cm³/mol. The van der Waals surface area contributed by atoms with E-state index in [2.05, 4.69) is 5.10 Å². The van der Waals surface area contributed by atoms with Crippen LogP contribution in [0.25, 0.3) is 22.5 Å². The van der Waals surface area contributed by atoms with Crippen molar-refractivity contribution in [3.8, 4) is 28.3 Å². The molecule has 0 bridgehead atoms. The van der Waals surface area contributed by atoms with Gasteiger partial charge in [0.1, 0.15) is 18.0 Å². The van der Waals surface area contributed by atoms with Crippen LogP contribution in [0.3, 0.4) is 0 Å². The molecule has 0 atom stereocenters. The molecule has 1 aromatic heterocycles. The number of ether oxygens (including phenoxy) is 1. The van der Waals surface area contributed by atoms with Crippen LogP contribution in [-0.4, -0.2) is 28.1 Å². The van der Waals surface area contributed by atoms with Crippen LogP contribution in [0.2, 0.25) is 0 Å². The topological polar surface area (TPSA) is 47.3 Å². The molecule has 0 fully saturated rings. The average molecular weight is 294 g/mol. The lowest BCUT2D eigenvalue weighted by molar-refractivity contribution is 0.202. The minimum Gasteiger partial charge on any atom is -0.487 e. The maximum Gasteiger partial charge on any atom is 0.173 e. The molecule has 0 saturated carbocycles. The fourth-order valence-corrected chi connectivity index (χ4v) is 2.49. The highest BCUT2D eigenvalue weighted by molar-refractivity contribution is 5.78. The highest BCUT2D eigenvalue weighted by Crippen LogP contribution is 2.38. The average Bonchev–Trinajstić information content (AvgIpc) is 2.91. The Morgan fingerprint density at radius 1 is 0.955 bits per heavy atom. The molecule has 4 nitrogen and oxygen atoms in total. The monoisotopic (exact) mass is 294 g/mol. The molecule has 0 aliphatic heterocycles. The summed E-state index contributed by atoms with van der Waals surface area (Å²) < 4.78 is 7.64. The van der Waals surface area contributed by atoms with Gasteiger partial charge in [-0.3, -0.25) is 4.68 Å². The summed E-state index contributed by atoms with van der Waals surface area (Å²) in [5.74, 6) is 0.703. The van der Waals surface area contributed by atoms with Gasteiger partial charge in [0.25, 0.3) is 0 Å². The molecule has 4 heteroatoms. The molecule has 0 amide bonds. The van der Waals surface area contributed by atoms with Crippen LogP contribution in [0.1, 0.15) is 0 Å². The summed E-state index contributed by atoms with van der Waals surface area (Å²) in [5, 5.41) is 13.7. The Morgan fingerprint density at radius 3 is 2.14 bits per heavy atom. The first kappa shape index (κ1) is 14.4. The Bertz CT molecular complexity index is 737. The number of rotatable bonds is 5. The fraction of sp³-hybridized carbons (Fsp3) is 0.167. The second-order valence-corrected chi connectivity index (χ2v) is 4.95. The molecular weight excluding hydrogens is 276 g/mol. The quantitative estimate of drug-likeness (QED) is 0.786. The predicted octanol–water partition coefficient (Wildman–Crippen LogP) is 3.13. The molecule has 1 N–H and O–H groups in total. The van der Waals surface area contributed by atoms with E-state index in [1.54, 1.807) is 0 Å². The van der Waals surface area contributed by atoms with Crippen LogP contribution in [0.5, 0.6) is 5.75 Å². The van der Waals surface area contributed by atoms with Gasteiger partial charge < -0.3 is 9.84 Å². The van der Waals surface area contributed by atoms with Crippen LogP contribution < -0.4 is 4.74 Å². The van der Waals surface area contributed by atoms with E-state index >= 15 is 0 Å². The highest BCUT2D eigenvalue weighted by Gasteiger charge is 2.20. The van der Waals surface area contributed by atoms with Crippen molar-refractivity contribution in [3.05, 3.63) is 60.7 Å². The fourth-order valence-electron chi connectivity index (χ4n) is 2.49. The van der Waals surface area contributed by atoms with Crippen molar-refractivity contribution in [1.29, 1.82) is 0 Å². The van der Waals surface area contributed by atoms with Gasteiger partial charge in [0.15, 0.2) is 5.75 Å². The molecule has 0 aliphatic rings. The number of aromatic nitrogens is 2. The van der Waals surface area contributed by atoms with Gasteiger partial charge in [0.2, 0.25) is 0 Å². The highest BCUT2D eigenvalue weighted by atomic mass is 16.5. The Hall–Kier alpha value is -2.59. The zero-order chi connectivity index (χ0) is 15.4. The van der Waals surface area contributed by atoms with Crippen molar-refractivity contribution in [2.45, 2.75) is 0 Å². The lowest BCUT2D eigenvalue weighted by Crippen LogP contribution is -2.03. The van der Waals surface area contributed by atoms with E-state index in [1.165, 1.54) is 0 Å². The van der Waals surface area contributed by atoms with E-state index in [4.69, 9.17) is 9.84 Å². The smallest absolute Gasteiger partial charge is 0.173 e. The molecular formula is C18H18N2O2. The molecule has 3 rings (SSSR count). The first-order valence-electron chi connectivity index (χ1n) is 7.22. The van der Waals surface area contributed by atoms with E-state index in [1.807, 2.05) is 72.4 Å². The second kappa shape index (κ2) is 6.45. The molecule has 0 spiro atoms. The van der Waals surface area contributed by atoms with Gasteiger partial charge in [-0.25, -0.2) is 0 Å². The summed E-state index contributed by atoms with van der Waals surface area (Å²) in [5.41, 5.74) is 3.73. The molecule has 0 unspecified atom stereocenters. The number of aliphatic hydroxyl groups excluding tert-OH is 1. The van der Waals surface area contributed by atoms with Crippen LogP contribution in [-0.2, 0) is 7.05 Å². The van der Waals surface area contributed by atoms with Crippen molar-refractivity contribution in [1.82, 2.24) is 9.78 Å². The Labute approximate surface area is 129 Å². The number of hydrogen-bond donors (Lipinski definition) is 1. The molecule has 0 aliphatic carbocycles. The second-order valence-electron chi connectivity index (χ2n) is 4.95. The van der Waals surface area contributed by atoms with E-state index < -0.39 is 0 Å². The van der Waals surface area contributed by atoms with Gasteiger partial charge in [-0.1, -0.05) is 60.7 Å². The molecule has 112 valence electrons. The molecule has 2 aromatic carbocycles. The summed E-state index contributed by atoms with van der Waals surface area (Å²) in [6, 6.07) is 19.9. The SMILES string of the molecule is Cn1nc(-c2ccccc2)c(OCCO)c1-c1ccccc1. The number of aliphatic hydroxyl groups is 1. The van der Waals surface area contributed by atoms with E-state index in [9.17, 15) is 0 Å². The number of nitrogens with zero attached hydrogens (tertiary/aromatic N) is 2. The molecule has 0 radical (unpaired) electrons. The Morgan fingerprint density at radius 2 is 1.55 bits per heavy atom. The van der Waals surface area contributed by atoms with Crippen molar-refractivity contribution >= 4 is 0 Å². The van der Waals surface area contributed by atoms with Gasteiger partial charge in [0, 0.05) is 18.2 Å². The van der Waals surface area contributed by atoms with Crippen LogP contribution >= 0.6 is 0 Å². The van der Waals surface area contributed by atoms with Crippen LogP contribution in [0.4, 0.5) is 0 Å². The first-order valence-corrected chi connectivity index (χ1v) is 7.22. The standard InChI is InChI=1S/C18H18N2O2/c1-20-17(15-10-6-3-7-11-15)18(22-13-12-21)16(19-20)14-8-4-2-5-9-14/h2-11,21H,12-13H2,1H3. The largest absolute Gasteiger partial charge is 0.487 e. The normalized spacial score (nSPS) is 10.6. The summed E-state index contributed by atoms with van der Waals surface area (Å²) in [7, 11) is 1.90. The third-order valence-electron chi connectivity index (χ3n) is 3.44. The van der Waals surface area contributed by atoms with Crippen molar-refractivity contribution in [3.63, 3.8) is 0 Å². The first-order chi connectivity index (χ1) is 10.8. The summed E-state index contributed by atoms with van der Waals surface area (Å²) in [6.07, 6.45) is 0. The van der Waals surface area contributed by atoms with Gasteiger partial charge >= 0.3 is 0 Å². The summed E-state index contributed by atoms with van der Waals surface area (Å²) >= 11 is 0. The lowest BCUT2D eigenvalue weighted by atomic mass is 10.1. The minimum atomic E-state index is -0.0304. The molecule has 3 aromatic rings. The molecule has 1 heterocycles. The number of benzene rings is 2. The maximum absolute atomic E-state index is 9.11. The lowest BCUT2D eigenvalue weighted by Gasteiger charge is -2.09. The Balaban J connectivity index is 2.16. The van der Waals surface area contributed by atoms with E-state index in [0.29, 0.717) is 5.75 Å². The number of hydrogen-bond acceptors (Lipinski definition) is 3. The van der Waals surface area contributed by atoms with Gasteiger partial charge in [-0.2, -0.15) is 5.10 Å². The summed E-state index contributed by atoms with van der Waals surface area (Å²) in [6.45, 7) is 0.211. The molecule has 0 saturated heterocycles. The van der Waals surface area contributed by atoms with Crippen LogP contribution in [0.15, 0.2) is 60.7 Å². The number of aryl methyl sites for hydroxylation is 1.